The number of nitrogens with zero attached hydrogens (tertiary/aromatic N) is 1. The van der Waals surface area contributed by atoms with Gasteiger partial charge in [-0.1, -0.05) is 31.9 Å². The Bertz CT molecular complexity index is 490. The van der Waals surface area contributed by atoms with Crippen LogP contribution in [0.25, 0.3) is 0 Å². The van der Waals surface area contributed by atoms with Gasteiger partial charge in [-0.05, 0) is 43.5 Å². The Kier molecular flexibility index (Phi) is 6.25. The number of carbonyl (C=O) groups is 1. The van der Waals surface area contributed by atoms with Crippen molar-refractivity contribution in [3.8, 4) is 5.75 Å². The Balaban J connectivity index is 1.80. The predicted octanol–water partition coefficient (Wildman–Crippen LogP) is 2.82. The van der Waals surface area contributed by atoms with E-state index in [1.165, 1.54) is 19.3 Å². The minimum Gasteiger partial charge on any atom is -0.497 e. The number of amides is 1. The number of ether oxygens (including phenoxy) is 1. The number of nitrogens with one attached hydrogen (secondary N) is 1. The maximum absolute atomic E-state index is 12.2. The molecular weight excluding hydrogens is 276 g/mol. The van der Waals surface area contributed by atoms with E-state index in [2.05, 4.69) is 18.3 Å². The summed E-state index contributed by atoms with van der Waals surface area (Å²) in [6, 6.07) is 8.33. The van der Waals surface area contributed by atoms with E-state index in [0.717, 1.165) is 24.3 Å². The molecule has 122 valence electrons. The van der Waals surface area contributed by atoms with E-state index in [0.29, 0.717) is 18.5 Å². The van der Waals surface area contributed by atoms with Gasteiger partial charge in [0.2, 0.25) is 5.91 Å². The van der Waals surface area contributed by atoms with Crippen molar-refractivity contribution in [2.24, 2.45) is 5.92 Å². The zero-order valence-electron chi connectivity index (χ0n) is 14.0. The summed E-state index contributed by atoms with van der Waals surface area (Å²) in [4.78, 5) is 14.2. The number of hydrogen-bond acceptors (Lipinski definition) is 3. The lowest BCUT2D eigenvalue weighted by Crippen LogP contribution is -2.44. The van der Waals surface area contributed by atoms with Crippen LogP contribution in [0.15, 0.2) is 24.3 Å². The predicted molar refractivity (Wildman–Crippen MR) is 88.9 cm³/mol. The van der Waals surface area contributed by atoms with Gasteiger partial charge in [-0.15, -0.1) is 0 Å². The minimum absolute atomic E-state index is 0.129. The fraction of sp³-hybridized carbons (Fsp3) is 0.611. The average Bonchev–Trinajstić information content (AvgIpc) is 2.49. The zero-order valence-corrected chi connectivity index (χ0v) is 14.0. The first-order valence-corrected chi connectivity index (χ1v) is 8.19. The van der Waals surface area contributed by atoms with Crippen molar-refractivity contribution in [1.29, 1.82) is 0 Å². The van der Waals surface area contributed by atoms with E-state index < -0.39 is 0 Å². The first kappa shape index (κ1) is 16.8. The number of hydrogen-bond donors (Lipinski definition) is 1. The van der Waals surface area contributed by atoms with Crippen molar-refractivity contribution >= 4 is 5.91 Å². The average molecular weight is 304 g/mol. The third-order valence-corrected chi connectivity index (χ3v) is 4.46. The summed E-state index contributed by atoms with van der Waals surface area (Å²) < 4.78 is 5.23. The molecule has 0 aromatic heterocycles. The summed E-state index contributed by atoms with van der Waals surface area (Å²) in [6.07, 6.45) is 4.87. The van der Waals surface area contributed by atoms with E-state index in [1.54, 1.807) is 7.11 Å². The molecule has 2 atom stereocenters. The normalized spacial score (nSPS) is 21.6. The van der Waals surface area contributed by atoms with Crippen molar-refractivity contribution in [3.05, 3.63) is 29.8 Å². The first-order chi connectivity index (χ1) is 10.6. The van der Waals surface area contributed by atoms with Crippen LogP contribution in [-0.4, -0.2) is 37.6 Å². The maximum atomic E-state index is 12.2. The molecule has 1 saturated carbocycles. The first-order valence-electron chi connectivity index (χ1n) is 8.19. The molecule has 1 N–H and O–H groups in total. The Morgan fingerprint density at radius 2 is 2.14 bits per heavy atom. The van der Waals surface area contributed by atoms with E-state index in [1.807, 2.05) is 30.1 Å². The van der Waals surface area contributed by atoms with Crippen molar-refractivity contribution in [2.75, 3.05) is 20.7 Å². The molecule has 0 heterocycles. The molecule has 0 aliphatic heterocycles. The second-order valence-electron chi connectivity index (χ2n) is 6.46. The molecule has 0 spiro atoms. The van der Waals surface area contributed by atoms with Gasteiger partial charge < -0.3 is 10.1 Å². The summed E-state index contributed by atoms with van der Waals surface area (Å²) in [6.45, 7) is 3.41. The third-order valence-electron chi connectivity index (χ3n) is 4.46. The second-order valence-corrected chi connectivity index (χ2v) is 6.46. The summed E-state index contributed by atoms with van der Waals surface area (Å²) in [5.74, 6) is 1.58. The molecule has 4 nitrogen and oxygen atoms in total. The molecule has 0 saturated heterocycles. The fourth-order valence-electron chi connectivity index (χ4n) is 3.17. The smallest absolute Gasteiger partial charge is 0.234 e. The van der Waals surface area contributed by atoms with Crippen LogP contribution < -0.4 is 10.1 Å². The van der Waals surface area contributed by atoms with E-state index >= 15 is 0 Å². The second kappa shape index (κ2) is 8.18. The molecule has 0 unspecified atom stereocenters. The number of benzene rings is 1. The lowest BCUT2D eigenvalue weighted by Gasteiger charge is -2.30. The molecule has 2 rings (SSSR count). The van der Waals surface area contributed by atoms with E-state index in [-0.39, 0.29) is 5.91 Å². The van der Waals surface area contributed by atoms with Gasteiger partial charge >= 0.3 is 0 Å². The molecule has 1 aliphatic carbocycles. The Morgan fingerprint density at radius 1 is 1.36 bits per heavy atom. The molecule has 1 fully saturated rings. The van der Waals surface area contributed by atoms with Gasteiger partial charge in [-0.2, -0.15) is 0 Å². The van der Waals surface area contributed by atoms with Crippen LogP contribution in [-0.2, 0) is 11.3 Å². The highest BCUT2D eigenvalue weighted by Gasteiger charge is 2.23. The van der Waals surface area contributed by atoms with Gasteiger partial charge in [0, 0.05) is 12.6 Å². The number of methoxy groups -OCH3 is 1. The summed E-state index contributed by atoms with van der Waals surface area (Å²) in [5.41, 5.74) is 1.15. The summed E-state index contributed by atoms with van der Waals surface area (Å²) >= 11 is 0. The van der Waals surface area contributed by atoms with Gasteiger partial charge in [-0.3, -0.25) is 9.69 Å². The van der Waals surface area contributed by atoms with Crippen molar-refractivity contribution in [1.82, 2.24) is 10.2 Å². The number of likely N-dealkylation sites (N-methyl/N-ethyl adjacent to an activating group) is 1. The lowest BCUT2D eigenvalue weighted by molar-refractivity contribution is -0.123. The van der Waals surface area contributed by atoms with Crippen LogP contribution in [0.4, 0.5) is 0 Å². The molecule has 4 heteroatoms. The molecular formula is C18H28N2O2. The molecule has 1 aromatic carbocycles. The number of rotatable bonds is 6. The van der Waals surface area contributed by atoms with Crippen molar-refractivity contribution in [3.63, 3.8) is 0 Å². The highest BCUT2D eigenvalue weighted by atomic mass is 16.5. The molecule has 22 heavy (non-hydrogen) atoms. The maximum Gasteiger partial charge on any atom is 0.234 e. The van der Waals surface area contributed by atoms with Gasteiger partial charge in [0.15, 0.2) is 0 Å². The quantitative estimate of drug-likeness (QED) is 0.878. The monoisotopic (exact) mass is 304 g/mol. The van der Waals surface area contributed by atoms with Crippen molar-refractivity contribution < 1.29 is 9.53 Å². The highest BCUT2D eigenvalue weighted by Crippen LogP contribution is 2.23. The van der Waals surface area contributed by atoms with Crippen LogP contribution in [0.3, 0.4) is 0 Å². The number of carbonyl (C=O) groups excluding carboxylic acids is 1. The van der Waals surface area contributed by atoms with Gasteiger partial charge in [0.05, 0.1) is 13.7 Å². The summed E-state index contributed by atoms with van der Waals surface area (Å²) in [7, 11) is 3.64. The SMILES string of the molecule is COc1cccc(CN(C)CC(=O)N[C@H]2CCCC[C@H]2C)c1. The Morgan fingerprint density at radius 3 is 2.86 bits per heavy atom. The standard InChI is InChI=1S/C18H28N2O2/c1-14-7-4-5-10-17(14)19-18(21)13-20(2)12-15-8-6-9-16(11-15)22-3/h6,8-9,11,14,17H,4-5,7,10,12-13H2,1-3H3,(H,19,21)/t14-,17+/m1/s1. The van der Waals surface area contributed by atoms with Crippen LogP contribution in [0, 0.1) is 5.92 Å². The van der Waals surface area contributed by atoms with Crippen molar-refractivity contribution in [2.45, 2.75) is 45.2 Å². The van der Waals surface area contributed by atoms with Gasteiger partial charge in [0.25, 0.3) is 0 Å². The third kappa shape index (κ3) is 5.02. The van der Waals surface area contributed by atoms with Crippen LogP contribution in [0.2, 0.25) is 0 Å². The zero-order chi connectivity index (χ0) is 15.9. The fourth-order valence-corrected chi connectivity index (χ4v) is 3.17. The van der Waals surface area contributed by atoms with E-state index in [4.69, 9.17) is 4.74 Å². The Hall–Kier alpha value is -1.55. The minimum atomic E-state index is 0.129. The molecule has 0 radical (unpaired) electrons. The highest BCUT2D eigenvalue weighted by molar-refractivity contribution is 5.78. The molecule has 1 aromatic rings. The largest absolute Gasteiger partial charge is 0.497 e. The lowest BCUT2D eigenvalue weighted by atomic mass is 9.86. The van der Waals surface area contributed by atoms with Gasteiger partial charge in [0.1, 0.15) is 5.75 Å². The van der Waals surface area contributed by atoms with E-state index in [9.17, 15) is 4.79 Å². The topological polar surface area (TPSA) is 41.6 Å². The Labute approximate surface area is 133 Å². The molecule has 1 amide bonds. The summed E-state index contributed by atoms with van der Waals surface area (Å²) in [5, 5.41) is 3.20. The van der Waals surface area contributed by atoms with Crippen LogP contribution >= 0.6 is 0 Å². The van der Waals surface area contributed by atoms with Gasteiger partial charge in [-0.25, -0.2) is 0 Å². The van der Waals surface area contributed by atoms with Crippen LogP contribution in [0.1, 0.15) is 38.2 Å². The molecule has 1 aliphatic rings. The molecule has 0 bridgehead atoms. The van der Waals surface area contributed by atoms with Crippen LogP contribution in [0.5, 0.6) is 5.75 Å².